The van der Waals surface area contributed by atoms with Crippen molar-refractivity contribution in [3.05, 3.63) is 76.0 Å². The molecular weight excluding hydrogens is 404 g/mol. The van der Waals surface area contributed by atoms with Crippen LogP contribution in [0.4, 0.5) is 5.69 Å². The topological polar surface area (TPSA) is 146 Å². The summed E-state index contributed by atoms with van der Waals surface area (Å²) in [7, 11) is 2.67. The molecule has 0 saturated heterocycles. The van der Waals surface area contributed by atoms with Gasteiger partial charge in [0, 0.05) is 24.5 Å². The lowest BCUT2D eigenvalue weighted by molar-refractivity contribution is 0.0695. The predicted molar refractivity (Wildman–Crippen MR) is 112 cm³/mol. The molecule has 0 aliphatic carbocycles. The molecule has 0 atom stereocenters. The third-order valence-electron chi connectivity index (χ3n) is 4.51. The molecule has 0 bridgehead atoms. The number of primary amides is 1. The molecule has 0 aliphatic rings. The highest BCUT2D eigenvalue weighted by Crippen LogP contribution is 2.31. The second kappa shape index (κ2) is 8.99. The van der Waals surface area contributed by atoms with E-state index < -0.39 is 23.0 Å². The number of rotatable bonds is 8. The van der Waals surface area contributed by atoms with E-state index in [4.69, 9.17) is 15.2 Å². The van der Waals surface area contributed by atoms with Crippen LogP contribution in [-0.2, 0) is 6.54 Å². The summed E-state index contributed by atoms with van der Waals surface area (Å²) in [6.07, 6.45) is 3.03. The van der Waals surface area contributed by atoms with Crippen LogP contribution >= 0.6 is 0 Å². The fraction of sp³-hybridized carbons (Fsp3) is 0.143. The zero-order valence-electron chi connectivity index (χ0n) is 16.8. The van der Waals surface area contributed by atoms with Gasteiger partial charge in [-0.25, -0.2) is 4.79 Å². The van der Waals surface area contributed by atoms with Crippen molar-refractivity contribution in [2.75, 3.05) is 19.5 Å². The minimum Gasteiger partial charge on any atom is -0.496 e. The van der Waals surface area contributed by atoms with Crippen molar-refractivity contribution >= 4 is 17.6 Å². The third kappa shape index (κ3) is 4.32. The van der Waals surface area contributed by atoms with Crippen molar-refractivity contribution in [2.45, 2.75) is 6.54 Å². The van der Waals surface area contributed by atoms with Gasteiger partial charge in [0.05, 0.1) is 37.8 Å². The van der Waals surface area contributed by atoms with E-state index in [9.17, 15) is 19.5 Å². The number of hydrogen-bond donors (Lipinski definition) is 3. The number of pyridine rings is 2. The molecule has 0 saturated carbocycles. The average Bonchev–Trinajstić information content (AvgIpc) is 2.76. The van der Waals surface area contributed by atoms with Gasteiger partial charge in [0.1, 0.15) is 22.6 Å². The Morgan fingerprint density at radius 1 is 1.13 bits per heavy atom. The maximum Gasteiger partial charge on any atom is 0.343 e. The molecular formula is C21H20N4O6. The molecule has 10 heteroatoms. The highest BCUT2D eigenvalue weighted by Gasteiger charge is 2.21. The fourth-order valence-corrected chi connectivity index (χ4v) is 3.06. The SMILES string of the molecule is COc1cc(-n2ccc(NCc3ccccn3)c(C(=O)O)c2=O)cc(OC)c1C(N)=O. The van der Waals surface area contributed by atoms with E-state index in [1.165, 1.54) is 38.6 Å². The minimum absolute atomic E-state index is 0.00825. The Labute approximate surface area is 176 Å². The number of carboxylic acids is 1. The Kier molecular flexibility index (Phi) is 6.20. The van der Waals surface area contributed by atoms with Gasteiger partial charge in [0.15, 0.2) is 0 Å². The lowest BCUT2D eigenvalue weighted by Gasteiger charge is -2.16. The molecule has 0 spiro atoms. The first-order valence-corrected chi connectivity index (χ1v) is 9.06. The molecule has 2 heterocycles. The number of nitrogens with one attached hydrogen (secondary N) is 1. The Balaban J connectivity index is 2.09. The second-order valence-corrected chi connectivity index (χ2v) is 6.35. The first kappa shape index (κ1) is 21.4. The minimum atomic E-state index is -1.39. The summed E-state index contributed by atoms with van der Waals surface area (Å²) in [6, 6.07) is 9.60. The van der Waals surface area contributed by atoms with Gasteiger partial charge in [0.25, 0.3) is 11.5 Å². The number of aromatic nitrogens is 2. The van der Waals surface area contributed by atoms with Crippen LogP contribution in [0.15, 0.2) is 53.6 Å². The van der Waals surface area contributed by atoms with Crippen LogP contribution in [0.25, 0.3) is 5.69 Å². The van der Waals surface area contributed by atoms with E-state index >= 15 is 0 Å². The number of nitrogens with two attached hydrogens (primary N) is 1. The molecule has 4 N–H and O–H groups in total. The number of carboxylic acid groups (broad SMARTS) is 1. The van der Waals surface area contributed by atoms with Gasteiger partial charge >= 0.3 is 5.97 Å². The Morgan fingerprint density at radius 2 is 1.81 bits per heavy atom. The van der Waals surface area contributed by atoms with Gasteiger partial charge in [-0.1, -0.05) is 6.07 Å². The lowest BCUT2D eigenvalue weighted by Crippen LogP contribution is -2.27. The van der Waals surface area contributed by atoms with Crippen LogP contribution < -0.4 is 26.1 Å². The van der Waals surface area contributed by atoms with Crippen molar-refractivity contribution in [3.63, 3.8) is 0 Å². The maximum atomic E-state index is 13.0. The molecule has 3 rings (SSSR count). The predicted octanol–water partition coefficient (Wildman–Crippen LogP) is 1.66. The van der Waals surface area contributed by atoms with Crippen LogP contribution in [0.3, 0.4) is 0 Å². The lowest BCUT2D eigenvalue weighted by atomic mass is 10.1. The molecule has 1 amide bonds. The zero-order valence-corrected chi connectivity index (χ0v) is 16.8. The van der Waals surface area contributed by atoms with E-state index in [1.54, 1.807) is 24.4 Å². The molecule has 31 heavy (non-hydrogen) atoms. The molecule has 10 nitrogen and oxygen atoms in total. The molecule has 1 aromatic carbocycles. The summed E-state index contributed by atoms with van der Waals surface area (Å²) in [5.41, 5.74) is 5.23. The fourth-order valence-electron chi connectivity index (χ4n) is 3.06. The molecule has 0 unspecified atom stereocenters. The Morgan fingerprint density at radius 3 is 2.32 bits per heavy atom. The van der Waals surface area contributed by atoms with Crippen LogP contribution in [0.1, 0.15) is 26.4 Å². The monoisotopic (exact) mass is 424 g/mol. The highest BCUT2D eigenvalue weighted by molar-refractivity contribution is 5.99. The molecule has 0 fully saturated rings. The molecule has 0 radical (unpaired) electrons. The number of methoxy groups -OCH3 is 2. The number of nitrogens with zero attached hydrogens (tertiary/aromatic N) is 2. The molecule has 160 valence electrons. The Hall–Kier alpha value is -4.34. The van der Waals surface area contributed by atoms with Gasteiger partial charge in [-0.2, -0.15) is 0 Å². The summed E-state index contributed by atoms with van der Waals surface area (Å²) in [5.74, 6) is -1.99. The van der Waals surface area contributed by atoms with E-state index in [-0.39, 0.29) is 35.0 Å². The van der Waals surface area contributed by atoms with Crippen molar-refractivity contribution in [1.29, 1.82) is 0 Å². The van der Waals surface area contributed by atoms with Crippen LogP contribution in [0.2, 0.25) is 0 Å². The zero-order chi connectivity index (χ0) is 22.5. The second-order valence-electron chi connectivity index (χ2n) is 6.35. The third-order valence-corrected chi connectivity index (χ3v) is 4.51. The van der Waals surface area contributed by atoms with Crippen molar-refractivity contribution in [1.82, 2.24) is 9.55 Å². The number of carbonyl (C=O) groups excluding carboxylic acids is 1. The van der Waals surface area contributed by atoms with Gasteiger partial charge < -0.3 is 25.6 Å². The molecule has 0 aliphatic heterocycles. The molecule has 3 aromatic rings. The number of aromatic carboxylic acids is 1. The van der Waals surface area contributed by atoms with Crippen molar-refractivity contribution in [3.8, 4) is 17.2 Å². The number of anilines is 1. The van der Waals surface area contributed by atoms with Crippen LogP contribution in [0.5, 0.6) is 11.5 Å². The largest absolute Gasteiger partial charge is 0.496 e. The first-order chi connectivity index (χ1) is 14.9. The average molecular weight is 424 g/mol. The normalized spacial score (nSPS) is 10.4. The number of benzene rings is 1. The summed E-state index contributed by atoms with van der Waals surface area (Å²) < 4.78 is 11.5. The number of amides is 1. The van der Waals surface area contributed by atoms with Crippen LogP contribution in [-0.4, -0.2) is 40.8 Å². The van der Waals surface area contributed by atoms with Gasteiger partial charge in [-0.05, 0) is 18.2 Å². The van der Waals surface area contributed by atoms with Crippen molar-refractivity contribution in [2.24, 2.45) is 5.73 Å². The highest BCUT2D eigenvalue weighted by atomic mass is 16.5. The number of ether oxygens (including phenoxy) is 2. The Bertz CT molecular complexity index is 1170. The summed E-state index contributed by atoms with van der Waals surface area (Å²) in [4.78, 5) is 40.8. The number of hydrogen-bond acceptors (Lipinski definition) is 7. The summed E-state index contributed by atoms with van der Waals surface area (Å²) in [5, 5.41) is 12.6. The first-order valence-electron chi connectivity index (χ1n) is 9.06. The van der Waals surface area contributed by atoms with E-state index in [1.807, 2.05) is 0 Å². The maximum absolute atomic E-state index is 13.0. The van der Waals surface area contributed by atoms with E-state index in [2.05, 4.69) is 10.3 Å². The van der Waals surface area contributed by atoms with E-state index in [0.29, 0.717) is 5.69 Å². The smallest absolute Gasteiger partial charge is 0.343 e. The quantitative estimate of drug-likeness (QED) is 0.495. The van der Waals surface area contributed by atoms with Crippen LogP contribution in [0, 0.1) is 0 Å². The van der Waals surface area contributed by atoms with Gasteiger partial charge in [-0.15, -0.1) is 0 Å². The van der Waals surface area contributed by atoms with E-state index in [0.717, 1.165) is 4.57 Å². The van der Waals surface area contributed by atoms with Gasteiger partial charge in [-0.3, -0.25) is 19.1 Å². The summed E-state index contributed by atoms with van der Waals surface area (Å²) >= 11 is 0. The number of carbonyl (C=O) groups is 2. The molecule has 2 aromatic heterocycles. The summed E-state index contributed by atoms with van der Waals surface area (Å²) in [6.45, 7) is 0.236. The van der Waals surface area contributed by atoms with Crippen molar-refractivity contribution < 1.29 is 24.2 Å². The van der Waals surface area contributed by atoms with Gasteiger partial charge in [0.2, 0.25) is 0 Å². The standard InChI is InChI=1S/C21H20N4O6/c1-30-15-9-13(10-16(31-2)18(15)19(22)26)25-8-6-14(17(20(25)27)21(28)29)24-11-12-5-3-4-7-23-12/h3-10,24H,11H2,1-2H3,(H2,22,26)(H,28,29).